The van der Waals surface area contributed by atoms with Gasteiger partial charge in [-0.25, -0.2) is 9.78 Å². The Hall–Kier alpha value is -1.53. The van der Waals surface area contributed by atoms with Gasteiger partial charge in [-0.2, -0.15) is 0 Å². The van der Waals surface area contributed by atoms with Crippen LogP contribution >= 0.6 is 23.1 Å². The van der Waals surface area contributed by atoms with Crippen LogP contribution in [0.3, 0.4) is 0 Å². The van der Waals surface area contributed by atoms with Crippen molar-refractivity contribution in [3.8, 4) is 0 Å². The molecule has 1 heterocycles. The van der Waals surface area contributed by atoms with E-state index in [4.69, 9.17) is 0 Å². The van der Waals surface area contributed by atoms with Crippen molar-refractivity contribution in [2.45, 2.75) is 18.4 Å². The summed E-state index contributed by atoms with van der Waals surface area (Å²) in [5.41, 5.74) is 0.819. The lowest BCUT2D eigenvalue weighted by Gasteiger charge is -2.16. The van der Waals surface area contributed by atoms with Crippen molar-refractivity contribution >= 4 is 34.8 Å². The molecule has 1 aromatic heterocycles. The summed E-state index contributed by atoms with van der Waals surface area (Å²) in [5, 5.41) is 5.74. The molecule has 6 heteroatoms. The van der Waals surface area contributed by atoms with Gasteiger partial charge in [-0.05, 0) is 24.0 Å². The van der Waals surface area contributed by atoms with E-state index >= 15 is 0 Å². The first-order chi connectivity index (χ1) is 9.69. The smallest absolute Gasteiger partial charge is 0.321 e. The maximum Gasteiger partial charge on any atom is 0.321 e. The molecule has 4 nitrogen and oxygen atoms in total. The minimum absolute atomic E-state index is 0.126. The normalized spacial score (nSPS) is 10.3. The first-order valence-corrected chi connectivity index (χ1v) is 8.19. The van der Waals surface area contributed by atoms with Gasteiger partial charge in [0, 0.05) is 29.2 Å². The van der Waals surface area contributed by atoms with E-state index in [9.17, 15) is 4.79 Å². The van der Waals surface area contributed by atoms with Crippen LogP contribution in [0.4, 0.5) is 10.5 Å². The topological polar surface area (TPSA) is 45.2 Å². The van der Waals surface area contributed by atoms with Crippen LogP contribution in [-0.2, 0) is 6.54 Å². The van der Waals surface area contributed by atoms with Crippen molar-refractivity contribution in [3.63, 3.8) is 0 Å². The van der Waals surface area contributed by atoms with E-state index in [1.807, 2.05) is 29.6 Å². The van der Waals surface area contributed by atoms with Gasteiger partial charge >= 0.3 is 6.03 Å². The van der Waals surface area contributed by atoms with E-state index in [1.54, 1.807) is 41.2 Å². The number of thiazole rings is 1. The molecule has 20 heavy (non-hydrogen) atoms. The van der Waals surface area contributed by atoms with E-state index in [0.29, 0.717) is 6.54 Å². The number of nitrogens with one attached hydrogen (secondary N) is 1. The van der Waals surface area contributed by atoms with Gasteiger partial charge in [-0.15, -0.1) is 23.1 Å². The first-order valence-electron chi connectivity index (χ1n) is 6.32. The summed E-state index contributed by atoms with van der Waals surface area (Å²) in [4.78, 5) is 19.1. The molecular formula is C14H17N3OS2. The minimum atomic E-state index is -0.126. The van der Waals surface area contributed by atoms with Gasteiger partial charge in [0.25, 0.3) is 0 Å². The maximum atomic E-state index is 12.1. The second-order valence-electron chi connectivity index (χ2n) is 4.17. The zero-order valence-electron chi connectivity index (χ0n) is 11.5. The molecule has 0 aliphatic rings. The van der Waals surface area contributed by atoms with Gasteiger partial charge in [0.1, 0.15) is 5.01 Å². The maximum absolute atomic E-state index is 12.1. The highest BCUT2D eigenvalue weighted by Gasteiger charge is 2.10. The molecule has 0 atom stereocenters. The number of hydrogen-bond acceptors (Lipinski definition) is 4. The summed E-state index contributed by atoms with van der Waals surface area (Å²) in [5.74, 6) is 1.02. The molecule has 0 saturated heterocycles. The molecule has 106 valence electrons. The molecule has 0 aliphatic heterocycles. The highest BCUT2D eigenvalue weighted by Crippen LogP contribution is 2.21. The Labute approximate surface area is 127 Å². The minimum Gasteiger partial charge on any atom is -0.321 e. The van der Waals surface area contributed by atoms with Crippen LogP contribution < -0.4 is 5.32 Å². The molecular weight excluding hydrogens is 290 g/mol. The molecule has 0 saturated carbocycles. The van der Waals surface area contributed by atoms with Crippen molar-refractivity contribution in [1.29, 1.82) is 0 Å². The van der Waals surface area contributed by atoms with Gasteiger partial charge in [-0.3, -0.25) is 0 Å². The van der Waals surface area contributed by atoms with Crippen molar-refractivity contribution in [1.82, 2.24) is 9.88 Å². The first kappa shape index (κ1) is 14.9. The molecule has 2 rings (SSSR count). The molecule has 0 unspecified atom stereocenters. The highest BCUT2D eigenvalue weighted by molar-refractivity contribution is 7.99. The fourth-order valence-corrected chi connectivity index (χ4v) is 3.04. The Balaban J connectivity index is 1.94. The Kier molecular flexibility index (Phi) is 5.43. The number of urea groups is 1. The van der Waals surface area contributed by atoms with Crippen LogP contribution in [0.5, 0.6) is 0 Å². The average molecular weight is 307 g/mol. The standard InChI is InChI=1S/C14H17N3OS2/c1-3-19-12-6-4-5-11(9-12)16-14(18)17(2)10-13-15-7-8-20-13/h4-9H,3,10H2,1-2H3,(H,16,18). The van der Waals surface area contributed by atoms with Crippen molar-refractivity contribution in [2.75, 3.05) is 18.1 Å². The number of anilines is 1. The number of aromatic nitrogens is 1. The van der Waals surface area contributed by atoms with E-state index in [2.05, 4.69) is 17.2 Å². The third kappa shape index (κ3) is 4.25. The zero-order valence-corrected chi connectivity index (χ0v) is 13.1. The van der Waals surface area contributed by atoms with E-state index < -0.39 is 0 Å². The molecule has 1 aromatic carbocycles. The summed E-state index contributed by atoms with van der Waals surface area (Å²) in [6.45, 7) is 2.63. The third-order valence-corrected chi connectivity index (χ3v) is 4.24. The largest absolute Gasteiger partial charge is 0.321 e. The predicted octanol–water partition coefficient (Wildman–Crippen LogP) is 3.92. The average Bonchev–Trinajstić information content (AvgIpc) is 2.92. The monoisotopic (exact) mass is 307 g/mol. The molecule has 0 bridgehead atoms. The summed E-state index contributed by atoms with van der Waals surface area (Å²) < 4.78 is 0. The molecule has 0 radical (unpaired) electrons. The fourth-order valence-electron chi connectivity index (χ4n) is 1.65. The van der Waals surface area contributed by atoms with Gasteiger partial charge in [0.15, 0.2) is 0 Å². The number of carbonyl (C=O) groups excluding carboxylic acids is 1. The van der Waals surface area contributed by atoms with Gasteiger partial charge < -0.3 is 10.2 Å². The third-order valence-electron chi connectivity index (χ3n) is 2.60. The molecule has 2 amide bonds. The number of nitrogens with zero attached hydrogens (tertiary/aromatic N) is 2. The fraction of sp³-hybridized carbons (Fsp3) is 0.286. The second kappa shape index (κ2) is 7.31. The lowest BCUT2D eigenvalue weighted by atomic mass is 10.3. The van der Waals surface area contributed by atoms with Crippen molar-refractivity contribution < 1.29 is 4.79 Å². The molecule has 0 fully saturated rings. The van der Waals surface area contributed by atoms with E-state index in [1.165, 1.54) is 0 Å². The Morgan fingerprint density at radius 3 is 3.05 bits per heavy atom. The van der Waals surface area contributed by atoms with Crippen molar-refractivity contribution in [3.05, 3.63) is 40.8 Å². The predicted molar refractivity (Wildman–Crippen MR) is 85.4 cm³/mol. The van der Waals surface area contributed by atoms with E-state index in [-0.39, 0.29) is 6.03 Å². The van der Waals surface area contributed by atoms with Gasteiger partial charge in [0.2, 0.25) is 0 Å². The number of carbonyl (C=O) groups is 1. The molecule has 2 aromatic rings. The van der Waals surface area contributed by atoms with Crippen LogP contribution in [0.2, 0.25) is 0 Å². The number of thioether (sulfide) groups is 1. The molecule has 1 N–H and O–H groups in total. The number of rotatable bonds is 5. The summed E-state index contributed by atoms with van der Waals surface area (Å²) in [7, 11) is 1.77. The second-order valence-corrected chi connectivity index (χ2v) is 6.49. The molecule has 0 spiro atoms. The van der Waals surface area contributed by atoms with Crippen LogP contribution in [-0.4, -0.2) is 28.7 Å². The van der Waals surface area contributed by atoms with Crippen LogP contribution in [0.1, 0.15) is 11.9 Å². The Bertz CT molecular complexity index is 557. The van der Waals surface area contributed by atoms with Crippen LogP contribution in [0.25, 0.3) is 0 Å². The quantitative estimate of drug-likeness (QED) is 0.852. The summed E-state index contributed by atoms with van der Waals surface area (Å²) >= 11 is 3.30. The Morgan fingerprint density at radius 2 is 2.35 bits per heavy atom. The summed E-state index contributed by atoms with van der Waals surface area (Å²) in [6, 6.07) is 7.76. The number of hydrogen-bond donors (Lipinski definition) is 1. The van der Waals surface area contributed by atoms with E-state index in [0.717, 1.165) is 21.3 Å². The summed E-state index contributed by atoms with van der Waals surface area (Å²) in [6.07, 6.45) is 1.75. The number of amides is 2. The van der Waals surface area contributed by atoms with Gasteiger partial charge in [-0.1, -0.05) is 13.0 Å². The lowest BCUT2D eigenvalue weighted by molar-refractivity contribution is 0.220. The van der Waals surface area contributed by atoms with Gasteiger partial charge in [0.05, 0.1) is 6.54 Å². The zero-order chi connectivity index (χ0) is 14.4. The molecule has 0 aliphatic carbocycles. The van der Waals surface area contributed by atoms with Crippen LogP contribution in [0.15, 0.2) is 40.7 Å². The Morgan fingerprint density at radius 1 is 1.50 bits per heavy atom. The number of benzene rings is 1. The SMILES string of the molecule is CCSc1cccc(NC(=O)N(C)Cc2nccs2)c1. The highest BCUT2D eigenvalue weighted by atomic mass is 32.2. The van der Waals surface area contributed by atoms with Crippen molar-refractivity contribution in [2.24, 2.45) is 0 Å². The van der Waals surface area contributed by atoms with Crippen LogP contribution in [0, 0.1) is 0 Å². The lowest BCUT2D eigenvalue weighted by Crippen LogP contribution is -2.30.